The molecule has 4 aromatic rings. The first-order valence-electron chi connectivity index (χ1n) is 9.96. The lowest BCUT2D eigenvalue weighted by Gasteiger charge is -2.13. The molecule has 1 aromatic heterocycles. The molecule has 0 aliphatic rings. The number of aryl methyl sites for hydroxylation is 1. The quantitative estimate of drug-likeness (QED) is 0.460. The van der Waals surface area contributed by atoms with Crippen LogP contribution in [0.1, 0.15) is 29.2 Å². The fraction of sp³-hybridized carbons (Fsp3) is 0.200. The standard InChI is InChI=1S/C25H26N2O2/c1-2-20-7-6-18(15-27)13-24(20)29-16-19-11-22-8-9-28-25(22)23(12-19)21-5-3-4-17(10-21)14-26/h3-13H,2,14-16,26-27H2,1H3. The van der Waals surface area contributed by atoms with Gasteiger partial charge < -0.3 is 20.6 Å². The predicted octanol–water partition coefficient (Wildman–Crippen LogP) is 5.16. The van der Waals surface area contributed by atoms with E-state index in [4.69, 9.17) is 20.6 Å². The van der Waals surface area contributed by atoms with Crippen molar-refractivity contribution in [2.75, 3.05) is 0 Å². The summed E-state index contributed by atoms with van der Waals surface area (Å²) in [7, 11) is 0. The van der Waals surface area contributed by atoms with Gasteiger partial charge in [0.25, 0.3) is 0 Å². The molecular formula is C25H26N2O2. The van der Waals surface area contributed by atoms with Gasteiger partial charge in [0.1, 0.15) is 17.9 Å². The van der Waals surface area contributed by atoms with Gasteiger partial charge in [0.15, 0.2) is 0 Å². The van der Waals surface area contributed by atoms with Crippen molar-refractivity contribution < 1.29 is 9.15 Å². The smallest absolute Gasteiger partial charge is 0.141 e. The number of nitrogens with two attached hydrogens (primary N) is 2. The summed E-state index contributed by atoms with van der Waals surface area (Å²) in [6.07, 6.45) is 2.64. The molecule has 4 nitrogen and oxygen atoms in total. The molecule has 0 aliphatic carbocycles. The first kappa shape index (κ1) is 19.2. The molecule has 148 valence electrons. The number of hydrogen-bond acceptors (Lipinski definition) is 4. The van der Waals surface area contributed by atoms with Crippen molar-refractivity contribution in [2.24, 2.45) is 11.5 Å². The summed E-state index contributed by atoms with van der Waals surface area (Å²) in [5, 5.41) is 1.06. The molecule has 0 amide bonds. The molecule has 0 saturated carbocycles. The van der Waals surface area contributed by atoms with E-state index >= 15 is 0 Å². The average molecular weight is 386 g/mol. The highest BCUT2D eigenvalue weighted by atomic mass is 16.5. The van der Waals surface area contributed by atoms with Crippen LogP contribution in [0.15, 0.2) is 71.3 Å². The molecule has 0 spiro atoms. The maximum Gasteiger partial charge on any atom is 0.141 e. The Kier molecular flexibility index (Phi) is 5.65. The molecule has 0 atom stereocenters. The molecule has 3 aromatic carbocycles. The van der Waals surface area contributed by atoms with Crippen LogP contribution in [0.4, 0.5) is 0 Å². The van der Waals surface area contributed by atoms with Crippen molar-refractivity contribution in [2.45, 2.75) is 33.0 Å². The van der Waals surface area contributed by atoms with E-state index in [-0.39, 0.29) is 0 Å². The zero-order chi connectivity index (χ0) is 20.2. The zero-order valence-corrected chi connectivity index (χ0v) is 16.7. The van der Waals surface area contributed by atoms with Gasteiger partial charge in [0.2, 0.25) is 0 Å². The van der Waals surface area contributed by atoms with Crippen LogP contribution in [0.2, 0.25) is 0 Å². The van der Waals surface area contributed by atoms with Crippen LogP contribution in [-0.2, 0) is 26.1 Å². The van der Waals surface area contributed by atoms with Crippen molar-refractivity contribution in [1.29, 1.82) is 0 Å². The Balaban J connectivity index is 1.69. The van der Waals surface area contributed by atoms with Crippen molar-refractivity contribution in [1.82, 2.24) is 0 Å². The highest BCUT2D eigenvalue weighted by Crippen LogP contribution is 2.32. The van der Waals surface area contributed by atoms with Gasteiger partial charge in [-0.3, -0.25) is 0 Å². The summed E-state index contributed by atoms with van der Waals surface area (Å²) < 4.78 is 12.0. The van der Waals surface area contributed by atoms with Gasteiger partial charge in [-0.1, -0.05) is 37.3 Å². The monoisotopic (exact) mass is 386 g/mol. The fourth-order valence-electron chi connectivity index (χ4n) is 3.62. The molecule has 29 heavy (non-hydrogen) atoms. The van der Waals surface area contributed by atoms with Crippen LogP contribution >= 0.6 is 0 Å². The first-order valence-corrected chi connectivity index (χ1v) is 9.96. The third-order valence-corrected chi connectivity index (χ3v) is 5.23. The molecule has 0 fully saturated rings. The summed E-state index contributed by atoms with van der Waals surface area (Å²) in [5.41, 5.74) is 19.1. The average Bonchev–Trinajstić information content (AvgIpc) is 3.25. The van der Waals surface area contributed by atoms with Gasteiger partial charge in [0, 0.05) is 24.0 Å². The van der Waals surface area contributed by atoms with E-state index in [2.05, 4.69) is 43.3 Å². The molecule has 4 rings (SSSR count). The lowest BCUT2D eigenvalue weighted by molar-refractivity contribution is 0.303. The lowest BCUT2D eigenvalue weighted by Crippen LogP contribution is -2.02. The summed E-state index contributed by atoms with van der Waals surface area (Å²) in [5.74, 6) is 0.898. The summed E-state index contributed by atoms with van der Waals surface area (Å²) in [6, 6.07) is 20.7. The van der Waals surface area contributed by atoms with Gasteiger partial charge in [-0.15, -0.1) is 0 Å². The van der Waals surface area contributed by atoms with Crippen LogP contribution in [0.3, 0.4) is 0 Å². The van der Waals surface area contributed by atoms with Crippen LogP contribution in [0, 0.1) is 0 Å². The second kappa shape index (κ2) is 8.52. The van der Waals surface area contributed by atoms with Crippen LogP contribution in [0.25, 0.3) is 22.1 Å². The number of ether oxygens (including phenoxy) is 1. The molecular weight excluding hydrogens is 360 g/mol. The second-order valence-electron chi connectivity index (χ2n) is 7.18. The van der Waals surface area contributed by atoms with Crippen molar-refractivity contribution in [3.63, 3.8) is 0 Å². The first-order chi connectivity index (χ1) is 14.2. The maximum atomic E-state index is 6.21. The zero-order valence-electron chi connectivity index (χ0n) is 16.7. The highest BCUT2D eigenvalue weighted by molar-refractivity contribution is 5.93. The van der Waals surface area contributed by atoms with Crippen LogP contribution in [0.5, 0.6) is 5.75 Å². The van der Waals surface area contributed by atoms with Gasteiger partial charge >= 0.3 is 0 Å². The largest absolute Gasteiger partial charge is 0.489 e. The second-order valence-corrected chi connectivity index (χ2v) is 7.18. The predicted molar refractivity (Wildman–Crippen MR) is 118 cm³/mol. The Hall–Kier alpha value is -3.08. The Labute approximate surface area is 171 Å². The third kappa shape index (κ3) is 4.04. The van der Waals surface area contributed by atoms with Crippen molar-refractivity contribution in [3.8, 4) is 16.9 Å². The number of furan rings is 1. The minimum absolute atomic E-state index is 0.478. The van der Waals surface area contributed by atoms with Gasteiger partial charge in [-0.2, -0.15) is 0 Å². The lowest BCUT2D eigenvalue weighted by atomic mass is 9.99. The third-order valence-electron chi connectivity index (χ3n) is 5.23. The molecule has 0 unspecified atom stereocenters. The summed E-state index contributed by atoms with van der Waals surface area (Å²) >= 11 is 0. The Bertz CT molecular complexity index is 1130. The number of rotatable bonds is 7. The van der Waals surface area contributed by atoms with Gasteiger partial charge in [0.05, 0.1) is 6.26 Å². The van der Waals surface area contributed by atoms with Crippen LogP contribution in [-0.4, -0.2) is 0 Å². The Morgan fingerprint density at radius 2 is 1.69 bits per heavy atom. The van der Waals surface area contributed by atoms with E-state index in [1.807, 2.05) is 24.3 Å². The normalized spacial score (nSPS) is 11.1. The number of benzene rings is 3. The van der Waals surface area contributed by atoms with Crippen molar-refractivity contribution in [3.05, 3.63) is 89.2 Å². The van der Waals surface area contributed by atoms with E-state index in [1.165, 1.54) is 5.56 Å². The molecule has 0 saturated heterocycles. The molecule has 1 heterocycles. The molecule has 0 aliphatic heterocycles. The molecule has 0 radical (unpaired) electrons. The summed E-state index contributed by atoms with van der Waals surface area (Å²) in [4.78, 5) is 0. The minimum atomic E-state index is 0.478. The number of fused-ring (bicyclic) bond motifs is 1. The minimum Gasteiger partial charge on any atom is -0.489 e. The fourth-order valence-corrected chi connectivity index (χ4v) is 3.62. The SMILES string of the molecule is CCc1ccc(CN)cc1OCc1cc(-c2cccc(CN)c2)c2occc2c1. The van der Waals surface area contributed by atoms with E-state index < -0.39 is 0 Å². The topological polar surface area (TPSA) is 74.4 Å². The van der Waals surface area contributed by atoms with Gasteiger partial charge in [-0.25, -0.2) is 0 Å². The highest BCUT2D eigenvalue weighted by Gasteiger charge is 2.11. The molecule has 4 N–H and O–H groups in total. The van der Waals surface area contributed by atoms with E-state index in [9.17, 15) is 0 Å². The molecule has 0 bridgehead atoms. The molecule has 4 heteroatoms. The van der Waals surface area contributed by atoms with Crippen molar-refractivity contribution >= 4 is 11.0 Å². The van der Waals surface area contributed by atoms with E-state index in [1.54, 1.807) is 6.26 Å². The Morgan fingerprint density at radius 3 is 2.48 bits per heavy atom. The van der Waals surface area contributed by atoms with Crippen LogP contribution < -0.4 is 16.2 Å². The summed E-state index contributed by atoms with van der Waals surface area (Å²) in [6.45, 7) is 3.62. The Morgan fingerprint density at radius 1 is 0.862 bits per heavy atom. The van der Waals surface area contributed by atoms with E-state index in [0.717, 1.165) is 51.0 Å². The number of hydrogen-bond donors (Lipinski definition) is 2. The van der Waals surface area contributed by atoms with Gasteiger partial charge in [-0.05, 0) is 64.6 Å². The van der Waals surface area contributed by atoms with E-state index in [0.29, 0.717) is 19.7 Å². The maximum absolute atomic E-state index is 6.21.